The molecule has 0 unspecified atom stereocenters. The molecule has 0 aliphatic rings. The van der Waals surface area contributed by atoms with E-state index >= 15 is 0 Å². The van der Waals surface area contributed by atoms with Gasteiger partial charge in [0.05, 0.1) is 4.92 Å². The molecule has 0 fully saturated rings. The van der Waals surface area contributed by atoms with Crippen LogP contribution in [0.25, 0.3) is 6.08 Å². The number of carbonyl (C=O) groups is 1. The number of nitriles is 1. The highest BCUT2D eigenvalue weighted by molar-refractivity contribution is 6.01. The lowest BCUT2D eigenvalue weighted by atomic mass is 10.1. The first-order valence-electron chi connectivity index (χ1n) is 5.08. The van der Waals surface area contributed by atoms with E-state index in [4.69, 9.17) is 5.26 Å². The lowest BCUT2D eigenvalue weighted by molar-refractivity contribution is -0.385. The maximum Gasteiger partial charge on any atom is 0.272 e. The number of nitrogens with one attached hydrogen (secondary N) is 1. The van der Waals surface area contributed by atoms with Gasteiger partial charge in [0.15, 0.2) is 0 Å². The van der Waals surface area contributed by atoms with E-state index in [0.717, 1.165) is 0 Å². The number of nitrogens with zero attached hydrogens (tertiary/aromatic N) is 2. The number of benzene rings is 1. The smallest absolute Gasteiger partial charge is 0.272 e. The number of nitro groups is 1. The molecule has 0 heterocycles. The standard InChI is InChI=1S/C12H11N3O3/c1-8-3-4-9(6-11(8)15(17)18)5-10(7-13)12(16)14-2/h3-6H,1-2H3,(H,14,16)/b10-5+. The van der Waals surface area contributed by atoms with Gasteiger partial charge in [0.1, 0.15) is 11.6 Å². The first-order chi connectivity index (χ1) is 8.49. The van der Waals surface area contributed by atoms with Crippen molar-refractivity contribution in [2.75, 3.05) is 7.05 Å². The van der Waals surface area contributed by atoms with Gasteiger partial charge in [-0.15, -0.1) is 0 Å². The van der Waals surface area contributed by atoms with Gasteiger partial charge < -0.3 is 5.32 Å². The molecule has 1 N–H and O–H groups in total. The van der Waals surface area contributed by atoms with Gasteiger partial charge in [-0.1, -0.05) is 12.1 Å². The average molecular weight is 245 g/mol. The fourth-order valence-electron chi connectivity index (χ4n) is 1.36. The predicted octanol–water partition coefficient (Wildman–Crippen LogP) is 1.56. The summed E-state index contributed by atoms with van der Waals surface area (Å²) in [6, 6.07) is 6.26. The number of likely N-dealkylation sites (N-methyl/N-ethyl adjacent to an activating group) is 1. The molecule has 0 saturated carbocycles. The van der Waals surface area contributed by atoms with E-state index in [-0.39, 0.29) is 11.3 Å². The molecule has 6 nitrogen and oxygen atoms in total. The van der Waals surface area contributed by atoms with Crippen molar-refractivity contribution in [3.8, 4) is 6.07 Å². The Hall–Kier alpha value is -2.68. The summed E-state index contributed by atoms with van der Waals surface area (Å²) in [6.07, 6.45) is 1.31. The van der Waals surface area contributed by atoms with Crippen LogP contribution in [0.1, 0.15) is 11.1 Å². The molecule has 0 aromatic heterocycles. The van der Waals surface area contributed by atoms with E-state index in [1.165, 1.54) is 19.2 Å². The molecule has 18 heavy (non-hydrogen) atoms. The fourth-order valence-corrected chi connectivity index (χ4v) is 1.36. The summed E-state index contributed by atoms with van der Waals surface area (Å²) in [5, 5.41) is 21.9. The Kier molecular flexibility index (Phi) is 4.16. The highest BCUT2D eigenvalue weighted by Gasteiger charge is 2.12. The van der Waals surface area contributed by atoms with Gasteiger partial charge in [0.25, 0.3) is 11.6 Å². The van der Waals surface area contributed by atoms with Crippen LogP contribution < -0.4 is 5.32 Å². The second kappa shape index (κ2) is 5.59. The molecule has 1 aromatic carbocycles. The zero-order valence-electron chi connectivity index (χ0n) is 9.93. The zero-order valence-corrected chi connectivity index (χ0v) is 9.93. The van der Waals surface area contributed by atoms with Gasteiger partial charge in [0, 0.05) is 18.7 Å². The van der Waals surface area contributed by atoms with Crippen molar-refractivity contribution in [2.45, 2.75) is 6.92 Å². The molecule has 0 aliphatic carbocycles. The molecule has 0 atom stereocenters. The Balaban J connectivity index is 3.23. The highest BCUT2D eigenvalue weighted by atomic mass is 16.6. The quantitative estimate of drug-likeness (QED) is 0.378. The van der Waals surface area contributed by atoms with Crippen molar-refractivity contribution < 1.29 is 9.72 Å². The predicted molar refractivity (Wildman–Crippen MR) is 65.5 cm³/mol. The average Bonchev–Trinajstić information content (AvgIpc) is 2.36. The Morgan fingerprint density at radius 2 is 2.22 bits per heavy atom. The first kappa shape index (κ1) is 13.4. The van der Waals surface area contributed by atoms with Crippen LogP contribution in [0.3, 0.4) is 0 Å². The summed E-state index contributed by atoms with van der Waals surface area (Å²) in [7, 11) is 1.41. The minimum absolute atomic E-state index is 0.0436. The lowest BCUT2D eigenvalue weighted by Gasteiger charge is -2.00. The molecule has 1 rings (SSSR count). The van der Waals surface area contributed by atoms with Crippen molar-refractivity contribution >= 4 is 17.7 Å². The number of amides is 1. The van der Waals surface area contributed by atoms with Crippen molar-refractivity contribution in [3.63, 3.8) is 0 Å². The van der Waals surface area contributed by atoms with Crippen LogP contribution in [0.15, 0.2) is 23.8 Å². The summed E-state index contributed by atoms with van der Waals surface area (Å²) < 4.78 is 0. The minimum atomic E-state index is -0.527. The Labute approximate surface area is 104 Å². The normalized spacial score (nSPS) is 10.6. The van der Waals surface area contributed by atoms with E-state index in [1.54, 1.807) is 25.1 Å². The Morgan fingerprint density at radius 3 is 2.72 bits per heavy atom. The van der Waals surface area contributed by atoms with Crippen LogP contribution in [0.5, 0.6) is 0 Å². The number of hydrogen-bond acceptors (Lipinski definition) is 4. The molecule has 0 radical (unpaired) electrons. The summed E-state index contributed by atoms with van der Waals surface area (Å²) >= 11 is 0. The van der Waals surface area contributed by atoms with E-state index in [9.17, 15) is 14.9 Å². The van der Waals surface area contributed by atoms with E-state index < -0.39 is 10.8 Å². The number of rotatable bonds is 3. The van der Waals surface area contributed by atoms with Crippen LogP contribution in [0, 0.1) is 28.4 Å². The van der Waals surface area contributed by atoms with Gasteiger partial charge in [-0.05, 0) is 18.6 Å². The molecule has 0 bridgehead atoms. The van der Waals surface area contributed by atoms with Crippen LogP contribution in [0.2, 0.25) is 0 Å². The molecular formula is C12H11N3O3. The van der Waals surface area contributed by atoms with E-state index in [1.807, 2.05) is 0 Å². The third-order valence-electron chi connectivity index (χ3n) is 2.33. The molecule has 1 aromatic rings. The lowest BCUT2D eigenvalue weighted by Crippen LogP contribution is -2.19. The molecule has 0 aliphatic heterocycles. The molecule has 1 amide bonds. The maximum atomic E-state index is 11.3. The first-order valence-corrected chi connectivity index (χ1v) is 5.08. The van der Waals surface area contributed by atoms with Gasteiger partial charge >= 0.3 is 0 Å². The Morgan fingerprint density at radius 1 is 1.56 bits per heavy atom. The summed E-state index contributed by atoms with van der Waals surface area (Å²) in [5.74, 6) is -0.527. The second-order valence-corrected chi connectivity index (χ2v) is 3.55. The molecule has 0 spiro atoms. The zero-order chi connectivity index (χ0) is 13.7. The maximum absolute atomic E-state index is 11.3. The molecular weight excluding hydrogens is 234 g/mol. The molecule has 92 valence electrons. The van der Waals surface area contributed by atoms with Gasteiger partial charge in [-0.3, -0.25) is 14.9 Å². The van der Waals surface area contributed by atoms with Crippen LogP contribution >= 0.6 is 0 Å². The van der Waals surface area contributed by atoms with Gasteiger partial charge in [-0.25, -0.2) is 0 Å². The second-order valence-electron chi connectivity index (χ2n) is 3.55. The van der Waals surface area contributed by atoms with Crippen molar-refractivity contribution in [1.29, 1.82) is 5.26 Å². The van der Waals surface area contributed by atoms with Crippen molar-refractivity contribution in [1.82, 2.24) is 5.32 Å². The van der Waals surface area contributed by atoms with Crippen LogP contribution in [-0.4, -0.2) is 17.9 Å². The largest absolute Gasteiger partial charge is 0.354 e. The number of hydrogen-bond donors (Lipinski definition) is 1. The molecule has 6 heteroatoms. The summed E-state index contributed by atoms with van der Waals surface area (Å²) in [6.45, 7) is 1.62. The summed E-state index contributed by atoms with van der Waals surface area (Å²) in [4.78, 5) is 21.6. The minimum Gasteiger partial charge on any atom is -0.354 e. The number of aryl methyl sites for hydroxylation is 1. The monoisotopic (exact) mass is 245 g/mol. The van der Waals surface area contributed by atoms with Crippen molar-refractivity contribution in [2.24, 2.45) is 0 Å². The van der Waals surface area contributed by atoms with E-state index in [2.05, 4.69) is 5.32 Å². The summed E-state index contributed by atoms with van der Waals surface area (Å²) in [5.41, 5.74) is 0.816. The van der Waals surface area contributed by atoms with E-state index in [0.29, 0.717) is 11.1 Å². The third kappa shape index (κ3) is 2.92. The molecule has 0 saturated heterocycles. The Bertz CT molecular complexity index is 570. The van der Waals surface area contributed by atoms with Crippen molar-refractivity contribution in [3.05, 3.63) is 45.0 Å². The topological polar surface area (TPSA) is 96.0 Å². The fraction of sp³-hybridized carbons (Fsp3) is 0.167. The highest BCUT2D eigenvalue weighted by Crippen LogP contribution is 2.20. The van der Waals surface area contributed by atoms with Crippen LogP contribution in [-0.2, 0) is 4.79 Å². The van der Waals surface area contributed by atoms with Crippen LogP contribution in [0.4, 0.5) is 5.69 Å². The number of carbonyl (C=O) groups excluding carboxylic acids is 1. The third-order valence-corrected chi connectivity index (χ3v) is 2.33. The number of nitro benzene ring substituents is 1. The van der Waals surface area contributed by atoms with Gasteiger partial charge in [0.2, 0.25) is 0 Å². The SMILES string of the molecule is CNC(=O)/C(C#N)=C/c1ccc(C)c([N+](=O)[O-])c1. The van der Waals surface area contributed by atoms with Gasteiger partial charge in [-0.2, -0.15) is 5.26 Å².